The first kappa shape index (κ1) is 18.8. The first-order chi connectivity index (χ1) is 13.1. The number of carbonyl (C=O) groups is 2. The molecule has 27 heavy (non-hydrogen) atoms. The maximum Gasteiger partial charge on any atom is 0.310 e. The minimum Gasteiger partial charge on any atom is -0.497 e. The van der Waals surface area contributed by atoms with Gasteiger partial charge in [0.2, 0.25) is 5.78 Å². The zero-order chi connectivity index (χ0) is 19.4. The largest absolute Gasteiger partial charge is 0.497 e. The van der Waals surface area contributed by atoms with E-state index >= 15 is 0 Å². The Hall–Kier alpha value is -3.02. The Morgan fingerprint density at radius 2 is 1.85 bits per heavy atom. The SMILES string of the molecule is CCOC(=O)Cc1cc2c(c(C(=O)c3ccc(OC)cc3)c1OC)OCC2. The molecule has 0 aliphatic carbocycles. The van der Waals surface area contributed by atoms with E-state index in [1.807, 2.05) is 6.07 Å². The van der Waals surface area contributed by atoms with Gasteiger partial charge in [-0.05, 0) is 42.8 Å². The second-order valence-electron chi connectivity index (χ2n) is 6.07. The fraction of sp³-hybridized carbons (Fsp3) is 0.333. The summed E-state index contributed by atoms with van der Waals surface area (Å²) in [7, 11) is 3.05. The summed E-state index contributed by atoms with van der Waals surface area (Å²) in [6.45, 7) is 2.54. The van der Waals surface area contributed by atoms with Crippen molar-refractivity contribution in [2.45, 2.75) is 19.8 Å². The molecule has 0 radical (unpaired) electrons. The Bertz CT molecular complexity index is 854. The van der Waals surface area contributed by atoms with Gasteiger partial charge >= 0.3 is 5.97 Å². The normalized spacial score (nSPS) is 12.1. The third-order valence-electron chi connectivity index (χ3n) is 4.43. The molecule has 0 unspecified atom stereocenters. The van der Waals surface area contributed by atoms with Crippen LogP contribution in [-0.4, -0.2) is 39.2 Å². The van der Waals surface area contributed by atoms with Gasteiger partial charge in [0.1, 0.15) is 22.8 Å². The summed E-state index contributed by atoms with van der Waals surface area (Å²) >= 11 is 0. The molecule has 142 valence electrons. The van der Waals surface area contributed by atoms with E-state index in [9.17, 15) is 9.59 Å². The molecular formula is C21H22O6. The number of benzene rings is 2. The van der Waals surface area contributed by atoms with Crippen molar-refractivity contribution in [3.63, 3.8) is 0 Å². The van der Waals surface area contributed by atoms with E-state index in [4.69, 9.17) is 18.9 Å². The van der Waals surface area contributed by atoms with Crippen molar-refractivity contribution in [1.82, 2.24) is 0 Å². The fourth-order valence-electron chi connectivity index (χ4n) is 3.20. The highest BCUT2D eigenvalue weighted by molar-refractivity contribution is 6.13. The standard InChI is InChI=1S/C21H22O6/c1-4-26-17(22)12-15-11-14-9-10-27-21(14)18(20(15)25-3)19(23)13-5-7-16(24-2)8-6-13/h5-8,11H,4,9-10,12H2,1-3H3. The van der Waals surface area contributed by atoms with E-state index in [0.29, 0.717) is 53.6 Å². The van der Waals surface area contributed by atoms with Crippen molar-refractivity contribution in [3.05, 3.63) is 52.6 Å². The molecule has 2 aromatic carbocycles. The summed E-state index contributed by atoms with van der Waals surface area (Å²) in [5, 5.41) is 0. The Morgan fingerprint density at radius 3 is 2.48 bits per heavy atom. The summed E-state index contributed by atoms with van der Waals surface area (Å²) in [5.41, 5.74) is 2.35. The maximum atomic E-state index is 13.2. The third-order valence-corrected chi connectivity index (χ3v) is 4.43. The summed E-state index contributed by atoms with van der Waals surface area (Å²) in [6.07, 6.45) is 0.714. The van der Waals surface area contributed by atoms with Crippen molar-refractivity contribution < 1.29 is 28.5 Å². The fourth-order valence-corrected chi connectivity index (χ4v) is 3.20. The molecule has 1 aliphatic heterocycles. The minimum absolute atomic E-state index is 0.0349. The van der Waals surface area contributed by atoms with Gasteiger partial charge in [0.15, 0.2) is 0 Å². The van der Waals surface area contributed by atoms with Crippen molar-refractivity contribution in [2.24, 2.45) is 0 Å². The lowest BCUT2D eigenvalue weighted by Crippen LogP contribution is -2.12. The van der Waals surface area contributed by atoms with Crippen LogP contribution in [0.5, 0.6) is 17.2 Å². The molecule has 3 rings (SSSR count). The molecular weight excluding hydrogens is 348 g/mol. The van der Waals surface area contributed by atoms with Crippen molar-refractivity contribution in [1.29, 1.82) is 0 Å². The molecule has 0 N–H and O–H groups in total. The Balaban J connectivity index is 2.08. The second kappa shape index (κ2) is 8.12. The van der Waals surface area contributed by atoms with Gasteiger partial charge in [-0.3, -0.25) is 9.59 Å². The van der Waals surface area contributed by atoms with Gasteiger partial charge in [-0.1, -0.05) is 0 Å². The van der Waals surface area contributed by atoms with Crippen LogP contribution in [0.15, 0.2) is 30.3 Å². The van der Waals surface area contributed by atoms with Crippen LogP contribution in [0.2, 0.25) is 0 Å². The molecule has 0 aromatic heterocycles. The van der Waals surface area contributed by atoms with Crippen LogP contribution in [0.1, 0.15) is 34.0 Å². The molecule has 0 amide bonds. The number of fused-ring (bicyclic) bond motifs is 1. The van der Waals surface area contributed by atoms with Crippen molar-refractivity contribution in [3.8, 4) is 17.2 Å². The zero-order valence-electron chi connectivity index (χ0n) is 15.7. The second-order valence-corrected chi connectivity index (χ2v) is 6.07. The van der Waals surface area contributed by atoms with Crippen LogP contribution < -0.4 is 14.2 Å². The van der Waals surface area contributed by atoms with Gasteiger partial charge in [0, 0.05) is 17.5 Å². The number of ether oxygens (including phenoxy) is 4. The van der Waals surface area contributed by atoms with E-state index in [2.05, 4.69) is 0 Å². The quantitative estimate of drug-likeness (QED) is 0.551. The highest BCUT2D eigenvalue weighted by Crippen LogP contribution is 2.40. The molecule has 2 aromatic rings. The van der Waals surface area contributed by atoms with E-state index in [1.165, 1.54) is 7.11 Å². The van der Waals surface area contributed by atoms with E-state index in [0.717, 1.165) is 5.56 Å². The Labute approximate surface area is 158 Å². The zero-order valence-corrected chi connectivity index (χ0v) is 15.7. The predicted molar refractivity (Wildman–Crippen MR) is 99.0 cm³/mol. The van der Waals surface area contributed by atoms with Gasteiger partial charge in [0.05, 0.1) is 33.9 Å². The van der Waals surface area contributed by atoms with Crippen LogP contribution in [0.3, 0.4) is 0 Å². The molecule has 6 nitrogen and oxygen atoms in total. The number of rotatable bonds is 7. The highest BCUT2D eigenvalue weighted by atomic mass is 16.5. The number of ketones is 1. The van der Waals surface area contributed by atoms with Gasteiger partial charge in [0.25, 0.3) is 0 Å². The van der Waals surface area contributed by atoms with Gasteiger partial charge in [-0.25, -0.2) is 0 Å². The number of hydrogen-bond acceptors (Lipinski definition) is 6. The average molecular weight is 370 g/mol. The minimum atomic E-state index is -0.363. The number of methoxy groups -OCH3 is 2. The first-order valence-electron chi connectivity index (χ1n) is 8.79. The van der Waals surface area contributed by atoms with Gasteiger partial charge in [-0.2, -0.15) is 0 Å². The van der Waals surface area contributed by atoms with Gasteiger partial charge in [-0.15, -0.1) is 0 Å². The topological polar surface area (TPSA) is 71.1 Å². The Kier molecular flexibility index (Phi) is 5.64. The van der Waals surface area contributed by atoms with Crippen molar-refractivity contribution >= 4 is 11.8 Å². The first-order valence-corrected chi connectivity index (χ1v) is 8.79. The van der Waals surface area contributed by atoms with Crippen LogP contribution in [0, 0.1) is 0 Å². The summed E-state index contributed by atoms with van der Waals surface area (Å²) in [4.78, 5) is 25.2. The molecule has 1 aliphatic rings. The summed E-state index contributed by atoms with van der Waals surface area (Å²) in [6, 6.07) is 8.70. The number of esters is 1. The molecule has 0 bridgehead atoms. The third kappa shape index (κ3) is 3.74. The lowest BCUT2D eigenvalue weighted by Gasteiger charge is -2.16. The van der Waals surface area contributed by atoms with Crippen LogP contribution in [-0.2, 0) is 22.4 Å². The molecule has 6 heteroatoms. The lowest BCUT2D eigenvalue weighted by atomic mass is 9.94. The number of hydrogen-bond donors (Lipinski definition) is 0. The average Bonchev–Trinajstić information content (AvgIpc) is 3.14. The molecule has 1 heterocycles. The molecule has 0 atom stereocenters. The van der Waals surface area contributed by atoms with Crippen LogP contribution >= 0.6 is 0 Å². The molecule has 0 saturated carbocycles. The van der Waals surface area contributed by atoms with E-state index in [1.54, 1.807) is 38.3 Å². The maximum absolute atomic E-state index is 13.2. The Morgan fingerprint density at radius 1 is 1.11 bits per heavy atom. The van der Waals surface area contributed by atoms with E-state index in [-0.39, 0.29) is 18.2 Å². The predicted octanol–water partition coefficient (Wildman–Crippen LogP) is 2.98. The van der Waals surface area contributed by atoms with E-state index < -0.39 is 0 Å². The molecule has 0 spiro atoms. The van der Waals surface area contributed by atoms with Crippen LogP contribution in [0.25, 0.3) is 0 Å². The monoisotopic (exact) mass is 370 g/mol. The summed E-state index contributed by atoms with van der Waals surface area (Å²) < 4.78 is 21.5. The van der Waals surface area contributed by atoms with Gasteiger partial charge < -0.3 is 18.9 Å². The summed E-state index contributed by atoms with van der Waals surface area (Å²) in [5.74, 6) is 0.955. The van der Waals surface area contributed by atoms with Crippen molar-refractivity contribution in [2.75, 3.05) is 27.4 Å². The van der Waals surface area contributed by atoms with Crippen LogP contribution in [0.4, 0.5) is 0 Å². The molecule has 0 fully saturated rings. The highest BCUT2D eigenvalue weighted by Gasteiger charge is 2.29. The number of carbonyl (C=O) groups excluding carboxylic acids is 2. The lowest BCUT2D eigenvalue weighted by molar-refractivity contribution is -0.142. The molecule has 0 saturated heterocycles. The smallest absolute Gasteiger partial charge is 0.310 e.